The molecule has 28 heavy (non-hydrogen) atoms. The fourth-order valence-electron chi connectivity index (χ4n) is 3.61. The first-order valence-electron chi connectivity index (χ1n) is 9.53. The van der Waals surface area contributed by atoms with E-state index in [1.54, 1.807) is 24.3 Å². The summed E-state index contributed by atoms with van der Waals surface area (Å²) in [5, 5.41) is 17.4. The topological polar surface area (TPSA) is 61.6 Å². The maximum absolute atomic E-state index is 12.9. The smallest absolute Gasteiger partial charge is 0.162 e. The number of phenols is 1. The van der Waals surface area contributed by atoms with Crippen molar-refractivity contribution in [3.05, 3.63) is 60.0 Å². The number of hydrogen-bond acceptors (Lipinski definition) is 5. The molecule has 1 fully saturated rings. The Morgan fingerprint density at radius 1 is 1.07 bits per heavy atom. The van der Waals surface area contributed by atoms with Crippen LogP contribution in [0.25, 0.3) is 10.9 Å². The number of phenolic OH excluding ortho intramolecular Hbond substituents is 1. The maximum Gasteiger partial charge on any atom is 0.162 e. The van der Waals surface area contributed by atoms with Crippen molar-refractivity contribution in [1.29, 1.82) is 0 Å². The lowest BCUT2D eigenvalue weighted by molar-refractivity contribution is 0.0973. The molecule has 6 nitrogen and oxygen atoms in total. The summed E-state index contributed by atoms with van der Waals surface area (Å²) in [7, 11) is 0. The number of benzene rings is 2. The van der Waals surface area contributed by atoms with Gasteiger partial charge in [0.1, 0.15) is 11.6 Å². The van der Waals surface area contributed by atoms with Crippen LogP contribution in [0, 0.1) is 5.82 Å². The molecule has 2 heterocycles. The molecule has 0 bridgehead atoms. The summed E-state index contributed by atoms with van der Waals surface area (Å²) >= 11 is 0. The van der Waals surface area contributed by atoms with E-state index in [4.69, 9.17) is 0 Å². The fraction of sp³-hybridized carbons (Fsp3) is 0.333. The molecule has 2 aromatic carbocycles. The lowest BCUT2D eigenvalue weighted by Crippen LogP contribution is -2.51. The van der Waals surface area contributed by atoms with Gasteiger partial charge < -0.3 is 5.11 Å². The normalized spacial score (nSPS) is 15.2. The molecule has 0 aliphatic carbocycles. The minimum absolute atomic E-state index is 0.0569. The van der Waals surface area contributed by atoms with Gasteiger partial charge in [-0.15, -0.1) is 0 Å². The van der Waals surface area contributed by atoms with Crippen molar-refractivity contribution < 1.29 is 14.3 Å². The molecule has 0 radical (unpaired) electrons. The number of carbonyl (C=O) groups is 1. The van der Waals surface area contributed by atoms with E-state index in [9.17, 15) is 14.3 Å². The van der Waals surface area contributed by atoms with Crippen LogP contribution in [0.1, 0.15) is 23.2 Å². The van der Waals surface area contributed by atoms with Gasteiger partial charge >= 0.3 is 0 Å². The standard InChI is InChI=1S/C21H23FN4O2/c22-18-6-3-16(4-7-18)21(28)2-1-9-24-10-12-25(13-11-24)26-20-14-19(27)8-5-17(20)15-23-26/h3-8,14-15,27H,1-2,9-13H2. The number of ketones is 1. The first kappa shape index (κ1) is 18.4. The van der Waals surface area contributed by atoms with Crippen LogP contribution in [0.4, 0.5) is 4.39 Å². The number of aromatic nitrogens is 2. The Balaban J connectivity index is 1.27. The Morgan fingerprint density at radius 3 is 2.57 bits per heavy atom. The second kappa shape index (κ2) is 7.98. The third-order valence-corrected chi connectivity index (χ3v) is 5.20. The molecule has 0 amide bonds. The molecule has 1 saturated heterocycles. The number of rotatable bonds is 6. The van der Waals surface area contributed by atoms with Gasteiger partial charge in [0.25, 0.3) is 0 Å². The van der Waals surface area contributed by atoms with Gasteiger partial charge in [0.2, 0.25) is 0 Å². The highest BCUT2D eigenvalue weighted by molar-refractivity contribution is 5.95. The summed E-state index contributed by atoms with van der Waals surface area (Å²) in [5.74, 6) is -0.0326. The van der Waals surface area contributed by atoms with E-state index in [1.807, 2.05) is 17.1 Å². The Bertz CT molecular complexity index is 962. The van der Waals surface area contributed by atoms with Crippen LogP contribution in [0.2, 0.25) is 0 Å². The zero-order valence-electron chi connectivity index (χ0n) is 15.6. The molecular formula is C21H23FN4O2. The van der Waals surface area contributed by atoms with Gasteiger partial charge in [-0.2, -0.15) is 9.89 Å². The van der Waals surface area contributed by atoms with Crippen LogP contribution in [-0.2, 0) is 0 Å². The monoisotopic (exact) mass is 382 g/mol. The molecule has 1 aliphatic heterocycles. The van der Waals surface area contributed by atoms with E-state index in [0.29, 0.717) is 12.0 Å². The van der Waals surface area contributed by atoms with Crippen molar-refractivity contribution in [3.8, 4) is 5.75 Å². The lowest BCUT2D eigenvalue weighted by atomic mass is 10.1. The molecule has 7 heteroatoms. The fourth-order valence-corrected chi connectivity index (χ4v) is 3.61. The van der Waals surface area contributed by atoms with E-state index >= 15 is 0 Å². The zero-order valence-corrected chi connectivity index (χ0v) is 15.6. The average molecular weight is 382 g/mol. The second-order valence-electron chi connectivity index (χ2n) is 7.11. The van der Waals surface area contributed by atoms with Crippen molar-refractivity contribution in [2.75, 3.05) is 37.7 Å². The van der Waals surface area contributed by atoms with Crippen LogP contribution in [0.5, 0.6) is 5.75 Å². The lowest BCUT2D eigenvalue weighted by Gasteiger charge is -2.35. The highest BCUT2D eigenvalue weighted by Gasteiger charge is 2.19. The van der Waals surface area contributed by atoms with E-state index in [-0.39, 0.29) is 17.3 Å². The molecule has 1 aliphatic rings. The van der Waals surface area contributed by atoms with E-state index < -0.39 is 0 Å². The second-order valence-corrected chi connectivity index (χ2v) is 7.11. The van der Waals surface area contributed by atoms with Gasteiger partial charge in [-0.3, -0.25) is 14.7 Å². The SMILES string of the molecule is O=C(CCCN1CCN(n2ncc3ccc(O)cc32)CC1)c1ccc(F)cc1. The van der Waals surface area contributed by atoms with E-state index in [2.05, 4.69) is 15.0 Å². The molecule has 0 unspecified atom stereocenters. The molecule has 0 atom stereocenters. The predicted octanol–water partition coefficient (Wildman–Crippen LogP) is 2.80. The zero-order chi connectivity index (χ0) is 19.5. The number of Topliss-reactive ketones (excluding diaryl/α,β-unsaturated/α-hetero) is 1. The Kier molecular flexibility index (Phi) is 5.25. The third-order valence-electron chi connectivity index (χ3n) is 5.20. The molecular weight excluding hydrogens is 359 g/mol. The number of hydrogen-bond donors (Lipinski definition) is 1. The summed E-state index contributed by atoms with van der Waals surface area (Å²) in [6, 6.07) is 11.0. The summed E-state index contributed by atoms with van der Waals surface area (Å²) in [4.78, 5) is 16.4. The Morgan fingerprint density at radius 2 is 1.82 bits per heavy atom. The first-order valence-corrected chi connectivity index (χ1v) is 9.53. The van der Waals surface area contributed by atoms with Crippen molar-refractivity contribution in [2.45, 2.75) is 12.8 Å². The molecule has 1 aromatic heterocycles. The number of carbonyl (C=O) groups excluding carboxylic acids is 1. The van der Waals surface area contributed by atoms with Gasteiger partial charge in [-0.1, -0.05) is 0 Å². The molecule has 0 saturated carbocycles. The minimum atomic E-state index is -0.324. The average Bonchev–Trinajstić information content (AvgIpc) is 3.12. The number of aromatic hydroxyl groups is 1. The largest absolute Gasteiger partial charge is 0.508 e. The van der Waals surface area contributed by atoms with Gasteiger partial charge in [0.15, 0.2) is 5.78 Å². The van der Waals surface area contributed by atoms with Gasteiger partial charge in [-0.05, 0) is 49.4 Å². The number of halogens is 1. The highest BCUT2D eigenvalue weighted by Crippen LogP contribution is 2.20. The van der Waals surface area contributed by atoms with Crippen LogP contribution < -0.4 is 5.01 Å². The van der Waals surface area contributed by atoms with Gasteiger partial charge in [0.05, 0.1) is 11.7 Å². The first-order chi connectivity index (χ1) is 13.6. The summed E-state index contributed by atoms with van der Waals surface area (Å²) in [6.07, 6.45) is 3.06. The quantitative estimate of drug-likeness (QED) is 0.665. The van der Waals surface area contributed by atoms with Crippen molar-refractivity contribution >= 4 is 16.7 Å². The van der Waals surface area contributed by atoms with E-state index in [1.165, 1.54) is 12.1 Å². The number of piperazine rings is 1. The van der Waals surface area contributed by atoms with E-state index in [0.717, 1.165) is 50.0 Å². The number of nitrogens with zero attached hydrogens (tertiary/aromatic N) is 4. The summed E-state index contributed by atoms with van der Waals surface area (Å²) in [5.41, 5.74) is 1.47. The minimum Gasteiger partial charge on any atom is -0.508 e. The molecule has 0 spiro atoms. The van der Waals surface area contributed by atoms with Crippen LogP contribution in [-0.4, -0.2) is 58.4 Å². The van der Waals surface area contributed by atoms with Crippen molar-refractivity contribution in [2.24, 2.45) is 0 Å². The van der Waals surface area contributed by atoms with Crippen molar-refractivity contribution in [3.63, 3.8) is 0 Å². The van der Waals surface area contributed by atoms with Crippen LogP contribution in [0.15, 0.2) is 48.7 Å². The molecule has 4 rings (SSSR count). The predicted molar refractivity (Wildman–Crippen MR) is 106 cm³/mol. The maximum atomic E-state index is 12.9. The van der Waals surface area contributed by atoms with Gasteiger partial charge in [0, 0.05) is 49.6 Å². The summed E-state index contributed by atoms with van der Waals surface area (Å²) < 4.78 is 12.9. The Hall–Kier alpha value is -2.93. The molecule has 1 N–H and O–H groups in total. The summed E-state index contributed by atoms with van der Waals surface area (Å²) in [6.45, 7) is 4.31. The molecule has 146 valence electrons. The van der Waals surface area contributed by atoms with Gasteiger partial charge in [-0.25, -0.2) is 4.39 Å². The van der Waals surface area contributed by atoms with Crippen molar-refractivity contribution in [1.82, 2.24) is 14.8 Å². The van der Waals surface area contributed by atoms with Crippen LogP contribution in [0.3, 0.4) is 0 Å². The molecule has 3 aromatic rings. The highest BCUT2D eigenvalue weighted by atomic mass is 19.1. The third kappa shape index (κ3) is 3.99. The number of fused-ring (bicyclic) bond motifs is 1. The Labute approximate surface area is 162 Å². The van der Waals surface area contributed by atoms with Crippen LogP contribution >= 0.6 is 0 Å².